The van der Waals surface area contributed by atoms with Crippen LogP contribution in [0.3, 0.4) is 0 Å². The summed E-state index contributed by atoms with van der Waals surface area (Å²) in [4.78, 5) is 31.6. The average molecular weight is 402 g/mol. The van der Waals surface area contributed by atoms with E-state index >= 15 is 0 Å². The van der Waals surface area contributed by atoms with Gasteiger partial charge in [-0.25, -0.2) is 4.79 Å². The molecule has 7 heteroatoms. The van der Waals surface area contributed by atoms with E-state index in [1.54, 1.807) is 36.7 Å². The Hall–Kier alpha value is -3.92. The van der Waals surface area contributed by atoms with Crippen LogP contribution in [0.5, 0.6) is 11.6 Å². The van der Waals surface area contributed by atoms with Crippen LogP contribution in [0.4, 0.5) is 0 Å². The van der Waals surface area contributed by atoms with E-state index in [9.17, 15) is 9.59 Å². The van der Waals surface area contributed by atoms with Crippen LogP contribution in [0, 0.1) is 18.3 Å². The van der Waals surface area contributed by atoms with Gasteiger partial charge in [0.05, 0.1) is 18.2 Å². The van der Waals surface area contributed by atoms with Crippen LogP contribution in [-0.2, 0) is 6.54 Å². The van der Waals surface area contributed by atoms with Crippen molar-refractivity contribution in [2.45, 2.75) is 33.2 Å². The minimum absolute atomic E-state index is 0.171. The van der Waals surface area contributed by atoms with Gasteiger partial charge >= 0.3 is 5.69 Å². The number of aromatic amines is 1. The molecule has 0 aliphatic rings. The van der Waals surface area contributed by atoms with Crippen molar-refractivity contribution in [3.8, 4) is 17.7 Å². The van der Waals surface area contributed by atoms with Gasteiger partial charge in [-0.15, -0.1) is 0 Å². The van der Waals surface area contributed by atoms with Crippen molar-refractivity contribution >= 4 is 6.08 Å². The molecule has 3 aromatic rings. The van der Waals surface area contributed by atoms with Gasteiger partial charge in [0.1, 0.15) is 5.75 Å². The molecule has 3 rings (SSSR count). The van der Waals surface area contributed by atoms with Gasteiger partial charge in [-0.3, -0.25) is 19.3 Å². The quantitative estimate of drug-likeness (QED) is 0.633. The number of benzene rings is 1. The molecule has 0 aliphatic heterocycles. The highest BCUT2D eigenvalue weighted by molar-refractivity contribution is 5.55. The van der Waals surface area contributed by atoms with E-state index < -0.39 is 11.2 Å². The van der Waals surface area contributed by atoms with Crippen molar-refractivity contribution in [1.82, 2.24) is 14.5 Å². The Labute approximate surface area is 173 Å². The summed E-state index contributed by atoms with van der Waals surface area (Å²) in [6.45, 7) is 5.87. The first-order valence-electron chi connectivity index (χ1n) is 9.50. The van der Waals surface area contributed by atoms with Crippen molar-refractivity contribution in [2.24, 2.45) is 0 Å². The monoisotopic (exact) mass is 402 g/mol. The molecule has 1 N–H and O–H groups in total. The maximum atomic E-state index is 12.7. The van der Waals surface area contributed by atoms with E-state index in [4.69, 9.17) is 10.00 Å². The predicted octanol–water partition coefficient (Wildman–Crippen LogP) is 3.74. The zero-order valence-corrected chi connectivity index (χ0v) is 17.0. The number of rotatable bonds is 6. The molecule has 0 spiro atoms. The van der Waals surface area contributed by atoms with Crippen molar-refractivity contribution in [1.29, 1.82) is 5.26 Å². The molecule has 0 radical (unpaired) electrons. The van der Waals surface area contributed by atoms with E-state index in [0.717, 1.165) is 16.7 Å². The van der Waals surface area contributed by atoms with E-state index in [0.29, 0.717) is 11.3 Å². The van der Waals surface area contributed by atoms with Gasteiger partial charge in [0.25, 0.3) is 5.56 Å². The molecule has 0 saturated heterocycles. The van der Waals surface area contributed by atoms with Gasteiger partial charge in [-0.1, -0.05) is 19.9 Å². The van der Waals surface area contributed by atoms with Crippen molar-refractivity contribution in [3.63, 3.8) is 0 Å². The minimum atomic E-state index is -0.548. The van der Waals surface area contributed by atoms with E-state index in [-0.39, 0.29) is 18.3 Å². The van der Waals surface area contributed by atoms with Gasteiger partial charge in [-0.05, 0) is 59.9 Å². The molecular weight excluding hydrogens is 380 g/mol. The Morgan fingerprint density at radius 2 is 1.97 bits per heavy atom. The lowest BCUT2D eigenvalue weighted by Crippen LogP contribution is -2.34. The molecular formula is C23H22N4O3. The summed E-state index contributed by atoms with van der Waals surface area (Å²) in [6, 6.07) is 11.0. The number of nitriles is 1. The maximum Gasteiger partial charge on any atom is 0.331 e. The topological polar surface area (TPSA) is 101 Å². The normalized spacial score (nSPS) is 11.0. The lowest BCUT2D eigenvalue weighted by molar-refractivity contribution is 0.410. The third kappa shape index (κ3) is 4.73. The molecule has 30 heavy (non-hydrogen) atoms. The number of aryl methyl sites for hydroxylation is 1. The van der Waals surface area contributed by atoms with Crippen molar-refractivity contribution < 1.29 is 4.74 Å². The van der Waals surface area contributed by atoms with Gasteiger partial charge in [0.2, 0.25) is 5.88 Å². The molecule has 2 aromatic heterocycles. The number of H-pyrrole nitrogens is 1. The summed E-state index contributed by atoms with van der Waals surface area (Å²) in [6.07, 6.45) is 6.34. The Morgan fingerprint density at radius 3 is 2.63 bits per heavy atom. The van der Waals surface area contributed by atoms with Crippen LogP contribution >= 0.6 is 0 Å². The fourth-order valence-corrected chi connectivity index (χ4v) is 3.18. The Kier molecular flexibility index (Phi) is 6.28. The lowest BCUT2D eigenvalue weighted by Gasteiger charge is -2.19. The van der Waals surface area contributed by atoms with E-state index in [1.807, 2.05) is 39.0 Å². The molecule has 7 nitrogen and oxygen atoms in total. The van der Waals surface area contributed by atoms with E-state index in [2.05, 4.69) is 9.97 Å². The molecule has 0 aliphatic carbocycles. The number of pyridine rings is 1. The largest absolute Gasteiger partial charge is 0.440 e. The second kappa shape index (κ2) is 9.05. The highest BCUT2D eigenvalue weighted by Gasteiger charge is 2.20. The minimum Gasteiger partial charge on any atom is -0.440 e. The van der Waals surface area contributed by atoms with Gasteiger partial charge < -0.3 is 4.74 Å². The van der Waals surface area contributed by atoms with Gasteiger partial charge in [0, 0.05) is 18.5 Å². The fourth-order valence-electron chi connectivity index (χ4n) is 3.18. The third-order valence-electron chi connectivity index (χ3n) is 4.49. The van der Waals surface area contributed by atoms with Gasteiger partial charge in [0.15, 0.2) is 0 Å². The Balaban J connectivity index is 2.16. The fraction of sp³-hybridized carbons (Fsp3) is 0.217. The average Bonchev–Trinajstić information content (AvgIpc) is 2.69. The summed E-state index contributed by atoms with van der Waals surface area (Å²) in [5.41, 5.74) is 1.93. The molecule has 0 saturated carbocycles. The smallest absolute Gasteiger partial charge is 0.331 e. The molecule has 1 aromatic carbocycles. The van der Waals surface area contributed by atoms with Crippen LogP contribution in [-0.4, -0.2) is 14.5 Å². The zero-order valence-electron chi connectivity index (χ0n) is 17.0. The maximum absolute atomic E-state index is 12.7. The highest BCUT2D eigenvalue weighted by Crippen LogP contribution is 2.29. The first-order chi connectivity index (χ1) is 14.4. The predicted molar refractivity (Wildman–Crippen MR) is 115 cm³/mol. The number of nitrogens with one attached hydrogen (secondary N) is 1. The second-order valence-corrected chi connectivity index (χ2v) is 7.22. The van der Waals surface area contributed by atoms with Crippen molar-refractivity contribution in [3.05, 3.63) is 91.9 Å². The lowest BCUT2D eigenvalue weighted by atomic mass is 10.1. The molecule has 0 amide bonds. The zero-order chi connectivity index (χ0) is 21.7. The number of aromatic nitrogens is 3. The van der Waals surface area contributed by atoms with Crippen LogP contribution in [0.1, 0.15) is 42.0 Å². The first-order valence-corrected chi connectivity index (χ1v) is 9.50. The van der Waals surface area contributed by atoms with Crippen LogP contribution in [0.25, 0.3) is 6.08 Å². The third-order valence-corrected chi connectivity index (χ3v) is 4.49. The van der Waals surface area contributed by atoms with Crippen molar-refractivity contribution in [2.75, 3.05) is 0 Å². The summed E-state index contributed by atoms with van der Waals surface area (Å²) < 4.78 is 7.56. The summed E-state index contributed by atoms with van der Waals surface area (Å²) in [5, 5.41) is 8.79. The molecule has 0 unspecified atom stereocenters. The number of nitrogens with zero attached hydrogens (tertiary/aromatic N) is 3. The van der Waals surface area contributed by atoms with Crippen LogP contribution in [0.2, 0.25) is 0 Å². The molecule has 2 heterocycles. The van der Waals surface area contributed by atoms with Gasteiger partial charge in [-0.2, -0.15) is 5.26 Å². The number of allylic oxidation sites excluding steroid dienone is 1. The highest BCUT2D eigenvalue weighted by atomic mass is 16.5. The standard InChI is InChI=1S/C23H22N4O3/c1-15(2)20-21(28)26-23(29)27(14-17-6-9-25-10-7-17)22(20)30-19-12-16(3)11-18(13-19)5-4-8-24/h4-7,9-13,15H,14H2,1-3H3,(H,26,28,29)/b5-4+. The first kappa shape index (κ1) is 20.8. The summed E-state index contributed by atoms with van der Waals surface area (Å²) in [5.74, 6) is 0.509. The molecule has 0 bridgehead atoms. The van der Waals surface area contributed by atoms with Crippen LogP contribution in [0.15, 0.2) is 58.4 Å². The Bertz CT molecular complexity index is 1230. The summed E-state index contributed by atoms with van der Waals surface area (Å²) in [7, 11) is 0. The molecule has 0 atom stereocenters. The Morgan fingerprint density at radius 1 is 1.23 bits per heavy atom. The number of hydrogen-bond donors (Lipinski definition) is 1. The second-order valence-electron chi connectivity index (χ2n) is 7.22. The number of ether oxygens (including phenoxy) is 1. The summed E-state index contributed by atoms with van der Waals surface area (Å²) >= 11 is 0. The number of hydrogen-bond acceptors (Lipinski definition) is 5. The molecule has 152 valence electrons. The van der Waals surface area contributed by atoms with E-state index in [1.165, 1.54) is 10.6 Å². The SMILES string of the molecule is Cc1cc(/C=C/C#N)cc(Oc2c(C(C)C)c(=O)[nH]c(=O)n2Cc2ccncc2)c1. The van der Waals surface area contributed by atoms with Crippen LogP contribution < -0.4 is 16.0 Å². The molecule has 0 fully saturated rings.